The molecule has 0 aliphatic carbocycles. The predicted octanol–water partition coefficient (Wildman–Crippen LogP) is 3.60. The highest BCUT2D eigenvalue weighted by molar-refractivity contribution is 6.43. The number of methoxy groups -OCH3 is 1. The van der Waals surface area contributed by atoms with E-state index >= 15 is 4.39 Å². The Balaban J connectivity index is 1.70. The Labute approximate surface area is 180 Å². The van der Waals surface area contributed by atoms with Crippen LogP contribution in [0.4, 0.5) is 10.1 Å². The van der Waals surface area contributed by atoms with E-state index in [0.29, 0.717) is 29.9 Å². The van der Waals surface area contributed by atoms with Gasteiger partial charge in [0.25, 0.3) is 5.91 Å². The molecule has 1 aromatic carbocycles. The first-order valence-electron chi connectivity index (χ1n) is 10.5. The number of nitrogens with two attached hydrogens (primary N) is 1. The Bertz CT molecular complexity index is 1070. The first kappa shape index (κ1) is 21.1. The first-order valence-corrected chi connectivity index (χ1v) is 10.5. The Hall–Kier alpha value is -3.13. The summed E-state index contributed by atoms with van der Waals surface area (Å²) in [5.41, 5.74) is 8.77. The van der Waals surface area contributed by atoms with Gasteiger partial charge in [0.05, 0.1) is 29.8 Å². The third kappa shape index (κ3) is 4.34. The summed E-state index contributed by atoms with van der Waals surface area (Å²) in [7, 11) is 3.46. The molecule has 8 heteroatoms. The lowest BCUT2D eigenvalue weighted by atomic mass is 9.91. The molecule has 2 aromatic rings. The van der Waals surface area contributed by atoms with Gasteiger partial charge in [-0.3, -0.25) is 14.7 Å². The second-order valence-electron chi connectivity index (χ2n) is 7.90. The van der Waals surface area contributed by atoms with Gasteiger partial charge in [-0.2, -0.15) is 4.99 Å². The second kappa shape index (κ2) is 8.93. The highest BCUT2D eigenvalue weighted by atomic mass is 19.1. The van der Waals surface area contributed by atoms with Crippen molar-refractivity contribution in [3.63, 3.8) is 0 Å². The van der Waals surface area contributed by atoms with Crippen molar-refractivity contribution in [1.82, 2.24) is 9.88 Å². The molecule has 1 saturated heterocycles. The monoisotopic (exact) mass is 423 g/mol. The number of pyridine rings is 1. The number of piperidine rings is 1. The molecular formula is C23H26FN5O2. The van der Waals surface area contributed by atoms with Gasteiger partial charge < -0.3 is 10.5 Å². The molecule has 2 aliphatic heterocycles. The number of hydrogen-bond donors (Lipinski definition) is 1. The molecule has 2 aliphatic rings. The lowest BCUT2D eigenvalue weighted by Crippen LogP contribution is -2.31. The van der Waals surface area contributed by atoms with Crippen LogP contribution in [0.3, 0.4) is 0 Å². The molecule has 1 aromatic heterocycles. The molecule has 31 heavy (non-hydrogen) atoms. The Morgan fingerprint density at radius 1 is 1.32 bits per heavy atom. The standard InChI is InChI=1S/C23H26FN5O2/c1-29-11-4-3-7-20(29)15-12-14(31-2)13-16(24)21(15)23(30)28-22(25)19-9-8-17-18(27-19)6-5-10-26-17/h5-6,10,12-13,20H,3-4,7-9,11H2,1-2H3,(H2,25,28,30). The topological polar surface area (TPSA) is 93.2 Å². The maximum absolute atomic E-state index is 15.1. The lowest BCUT2D eigenvalue weighted by Gasteiger charge is -2.33. The third-order valence-corrected chi connectivity index (χ3v) is 5.91. The number of rotatable bonds is 4. The fourth-order valence-electron chi connectivity index (χ4n) is 4.25. The van der Waals surface area contributed by atoms with Crippen molar-refractivity contribution in [3.05, 3.63) is 53.1 Å². The van der Waals surface area contributed by atoms with Crippen LogP contribution in [0.15, 0.2) is 40.4 Å². The van der Waals surface area contributed by atoms with Crippen molar-refractivity contribution < 1.29 is 13.9 Å². The number of amidine groups is 1. The molecule has 0 spiro atoms. The summed E-state index contributed by atoms with van der Waals surface area (Å²) in [6.07, 6.45) is 5.82. The van der Waals surface area contributed by atoms with Crippen LogP contribution in [-0.2, 0) is 6.42 Å². The van der Waals surface area contributed by atoms with Gasteiger partial charge in [0.1, 0.15) is 17.4 Å². The summed E-state index contributed by atoms with van der Waals surface area (Å²) in [5, 5.41) is 0. The molecule has 0 bridgehead atoms. The van der Waals surface area contributed by atoms with E-state index in [4.69, 9.17) is 10.5 Å². The van der Waals surface area contributed by atoms with E-state index in [0.717, 1.165) is 37.2 Å². The molecule has 2 N–H and O–H groups in total. The summed E-state index contributed by atoms with van der Waals surface area (Å²) >= 11 is 0. The van der Waals surface area contributed by atoms with Gasteiger partial charge in [-0.1, -0.05) is 6.42 Å². The summed E-state index contributed by atoms with van der Waals surface area (Å²) in [4.78, 5) is 28.1. The molecule has 0 saturated carbocycles. The van der Waals surface area contributed by atoms with E-state index in [1.54, 1.807) is 18.3 Å². The number of nitrogens with zero attached hydrogens (tertiary/aromatic N) is 4. The van der Waals surface area contributed by atoms with Crippen molar-refractivity contribution >= 4 is 23.1 Å². The van der Waals surface area contributed by atoms with E-state index in [2.05, 4.69) is 19.9 Å². The summed E-state index contributed by atoms with van der Waals surface area (Å²) in [6, 6.07) is 6.50. The molecule has 0 radical (unpaired) electrons. The number of benzene rings is 1. The van der Waals surface area contributed by atoms with E-state index in [1.165, 1.54) is 13.2 Å². The van der Waals surface area contributed by atoms with Crippen LogP contribution in [-0.4, -0.2) is 48.0 Å². The molecule has 1 atom stereocenters. The van der Waals surface area contributed by atoms with Crippen LogP contribution in [0.2, 0.25) is 0 Å². The van der Waals surface area contributed by atoms with Crippen molar-refractivity contribution in [2.45, 2.75) is 38.1 Å². The molecule has 4 rings (SSSR count). The van der Waals surface area contributed by atoms with E-state index in [-0.39, 0.29) is 17.4 Å². The number of aliphatic imine (C=N–C) groups is 2. The van der Waals surface area contributed by atoms with E-state index in [9.17, 15) is 4.79 Å². The first-order chi connectivity index (χ1) is 15.0. The summed E-state index contributed by atoms with van der Waals surface area (Å²) in [5.74, 6) is -0.972. The minimum absolute atomic E-state index is 0.0117. The quantitative estimate of drug-likeness (QED) is 0.599. The van der Waals surface area contributed by atoms with Crippen LogP contribution < -0.4 is 10.5 Å². The molecule has 1 unspecified atom stereocenters. The van der Waals surface area contributed by atoms with Crippen molar-refractivity contribution in [2.75, 3.05) is 20.7 Å². The minimum atomic E-state index is -0.702. The van der Waals surface area contributed by atoms with Gasteiger partial charge in [0.15, 0.2) is 0 Å². The minimum Gasteiger partial charge on any atom is -0.497 e. The smallest absolute Gasteiger partial charge is 0.282 e. The lowest BCUT2D eigenvalue weighted by molar-refractivity contribution is 0.0993. The highest BCUT2D eigenvalue weighted by Gasteiger charge is 2.29. The summed E-state index contributed by atoms with van der Waals surface area (Å²) < 4.78 is 20.3. The van der Waals surface area contributed by atoms with Crippen LogP contribution in [0.25, 0.3) is 0 Å². The fraction of sp³-hybridized carbons (Fsp3) is 0.391. The zero-order valence-corrected chi connectivity index (χ0v) is 17.8. The number of carbonyl (C=O) groups excluding carboxylic acids is 1. The van der Waals surface area contributed by atoms with Gasteiger partial charge in [0.2, 0.25) is 0 Å². The number of likely N-dealkylation sites (tertiary alicyclic amines) is 1. The van der Waals surface area contributed by atoms with Gasteiger partial charge in [-0.25, -0.2) is 9.38 Å². The Kier molecular flexibility index (Phi) is 6.08. The molecule has 1 fully saturated rings. The molecular weight excluding hydrogens is 397 g/mol. The van der Waals surface area contributed by atoms with E-state index in [1.807, 2.05) is 13.1 Å². The molecule has 7 nitrogen and oxygen atoms in total. The van der Waals surface area contributed by atoms with Crippen LogP contribution in [0.1, 0.15) is 53.3 Å². The van der Waals surface area contributed by atoms with E-state index < -0.39 is 11.7 Å². The number of aromatic nitrogens is 1. The third-order valence-electron chi connectivity index (χ3n) is 5.91. The number of aryl methyl sites for hydroxylation is 1. The largest absolute Gasteiger partial charge is 0.497 e. The zero-order chi connectivity index (χ0) is 22.0. The number of halogens is 1. The zero-order valence-electron chi connectivity index (χ0n) is 17.8. The van der Waals surface area contributed by atoms with Crippen molar-refractivity contribution in [1.29, 1.82) is 0 Å². The SMILES string of the molecule is COc1cc(F)c(C(=O)N=C(N)C2=Nc3cccnc3CC2)c(C2CCCCN2C)c1. The maximum atomic E-state index is 15.1. The van der Waals surface area contributed by atoms with Gasteiger partial charge >= 0.3 is 0 Å². The Morgan fingerprint density at radius 3 is 2.94 bits per heavy atom. The number of carbonyl (C=O) groups is 1. The van der Waals surface area contributed by atoms with Crippen molar-refractivity contribution in [3.8, 4) is 5.75 Å². The molecule has 162 valence electrons. The number of amides is 1. The summed E-state index contributed by atoms with van der Waals surface area (Å²) in [6.45, 7) is 0.882. The molecule has 1 amide bonds. The van der Waals surface area contributed by atoms with Crippen LogP contribution in [0.5, 0.6) is 5.75 Å². The van der Waals surface area contributed by atoms with Crippen LogP contribution >= 0.6 is 0 Å². The second-order valence-corrected chi connectivity index (χ2v) is 7.90. The number of ether oxygens (including phenoxy) is 1. The molecule has 3 heterocycles. The van der Waals surface area contributed by atoms with Crippen LogP contribution in [0, 0.1) is 5.82 Å². The fourth-order valence-corrected chi connectivity index (χ4v) is 4.25. The maximum Gasteiger partial charge on any atom is 0.282 e. The van der Waals surface area contributed by atoms with Gasteiger partial charge in [-0.15, -0.1) is 0 Å². The highest BCUT2D eigenvalue weighted by Crippen LogP contribution is 2.35. The predicted molar refractivity (Wildman–Crippen MR) is 118 cm³/mol. The Morgan fingerprint density at radius 2 is 2.16 bits per heavy atom. The van der Waals surface area contributed by atoms with Crippen molar-refractivity contribution in [2.24, 2.45) is 15.7 Å². The average Bonchev–Trinajstić information content (AvgIpc) is 2.78. The normalized spacial score (nSPS) is 19.5. The average molecular weight is 423 g/mol. The number of fused-ring (bicyclic) bond motifs is 1. The van der Waals surface area contributed by atoms with Gasteiger partial charge in [0, 0.05) is 18.3 Å². The number of hydrogen-bond acceptors (Lipinski definition) is 5. The van der Waals surface area contributed by atoms with Gasteiger partial charge in [-0.05, 0) is 63.0 Å².